The van der Waals surface area contributed by atoms with Gasteiger partial charge >= 0.3 is 0 Å². The number of benzene rings is 3. The van der Waals surface area contributed by atoms with E-state index in [0.717, 1.165) is 17.0 Å². The van der Waals surface area contributed by atoms with Crippen molar-refractivity contribution >= 4 is 29.3 Å². The number of carbonyl (C=O) groups is 2. The highest BCUT2D eigenvalue weighted by Crippen LogP contribution is 2.39. The number of nitrogen functional groups attached to an aromatic ring is 1. The van der Waals surface area contributed by atoms with E-state index in [-0.39, 0.29) is 11.8 Å². The Morgan fingerprint density at radius 3 is 2.32 bits per heavy atom. The molecule has 1 saturated carbocycles. The third-order valence-corrected chi connectivity index (χ3v) is 5.30. The molecule has 0 bridgehead atoms. The second kappa shape index (κ2) is 9.30. The standard InChI is InChI=1S/C26H25N3O2/c27-23-3-1-2-4-24(23)29-26(31)22-12-7-19(8-13-22)17-28-25(30)16-9-18-5-10-20(11-6-18)21-14-15-21/h1-13,16,21H,14-15,17,27H2,(H,28,30)(H,29,31)/b16-9+. The number of hydrogen-bond donors (Lipinski definition) is 3. The van der Waals surface area contributed by atoms with Crippen LogP contribution in [-0.4, -0.2) is 11.8 Å². The Kier molecular flexibility index (Phi) is 6.13. The smallest absolute Gasteiger partial charge is 0.255 e. The van der Waals surface area contributed by atoms with Crippen LogP contribution in [0.1, 0.15) is 45.8 Å². The number of nitrogens with two attached hydrogens (primary N) is 1. The Balaban J connectivity index is 1.27. The van der Waals surface area contributed by atoms with Crippen molar-refractivity contribution in [3.8, 4) is 0 Å². The summed E-state index contributed by atoms with van der Waals surface area (Å²) in [6.45, 7) is 0.386. The van der Waals surface area contributed by atoms with E-state index in [0.29, 0.717) is 23.5 Å². The van der Waals surface area contributed by atoms with E-state index in [9.17, 15) is 9.59 Å². The lowest BCUT2D eigenvalue weighted by molar-refractivity contribution is -0.116. The Morgan fingerprint density at radius 2 is 1.65 bits per heavy atom. The second-order valence-electron chi connectivity index (χ2n) is 7.73. The van der Waals surface area contributed by atoms with Crippen molar-refractivity contribution in [3.05, 3.63) is 101 Å². The van der Waals surface area contributed by atoms with Gasteiger partial charge in [-0.1, -0.05) is 48.5 Å². The molecule has 31 heavy (non-hydrogen) atoms. The van der Waals surface area contributed by atoms with E-state index in [1.807, 2.05) is 42.5 Å². The minimum absolute atomic E-state index is 0.160. The van der Waals surface area contributed by atoms with Crippen LogP contribution in [0.2, 0.25) is 0 Å². The van der Waals surface area contributed by atoms with Crippen molar-refractivity contribution in [1.82, 2.24) is 5.32 Å². The maximum absolute atomic E-state index is 12.4. The molecule has 4 N–H and O–H groups in total. The summed E-state index contributed by atoms with van der Waals surface area (Å²) in [4.78, 5) is 24.5. The van der Waals surface area contributed by atoms with Crippen molar-refractivity contribution in [3.63, 3.8) is 0 Å². The number of rotatable bonds is 7. The summed E-state index contributed by atoms with van der Waals surface area (Å²) in [7, 11) is 0. The largest absolute Gasteiger partial charge is 0.397 e. The van der Waals surface area contributed by atoms with Crippen molar-refractivity contribution in [2.45, 2.75) is 25.3 Å². The Labute approximate surface area is 182 Å². The molecule has 0 heterocycles. The van der Waals surface area contributed by atoms with Gasteiger partial charge in [-0.3, -0.25) is 9.59 Å². The first kappa shape index (κ1) is 20.4. The van der Waals surface area contributed by atoms with Crippen molar-refractivity contribution < 1.29 is 9.59 Å². The van der Waals surface area contributed by atoms with Gasteiger partial charge in [-0.25, -0.2) is 0 Å². The van der Waals surface area contributed by atoms with Crippen molar-refractivity contribution in [2.75, 3.05) is 11.1 Å². The first-order chi connectivity index (χ1) is 15.1. The van der Waals surface area contributed by atoms with Crippen molar-refractivity contribution in [1.29, 1.82) is 0 Å². The van der Waals surface area contributed by atoms with E-state index in [4.69, 9.17) is 5.73 Å². The Bertz CT molecular complexity index is 1100. The molecule has 1 aliphatic rings. The van der Waals surface area contributed by atoms with Gasteiger partial charge in [-0.05, 0) is 65.8 Å². The lowest BCUT2D eigenvalue weighted by Crippen LogP contribution is -2.20. The molecule has 1 fully saturated rings. The van der Waals surface area contributed by atoms with E-state index in [2.05, 4.69) is 22.8 Å². The van der Waals surface area contributed by atoms with Crippen LogP contribution in [0.15, 0.2) is 78.9 Å². The molecular formula is C26H25N3O2. The molecule has 5 nitrogen and oxygen atoms in total. The third-order valence-electron chi connectivity index (χ3n) is 5.30. The van der Waals surface area contributed by atoms with Crippen LogP contribution in [0.4, 0.5) is 11.4 Å². The molecule has 156 valence electrons. The molecule has 0 unspecified atom stereocenters. The number of anilines is 2. The first-order valence-corrected chi connectivity index (χ1v) is 10.4. The molecule has 0 saturated heterocycles. The molecule has 0 aromatic heterocycles. The minimum atomic E-state index is -0.232. The predicted molar refractivity (Wildman–Crippen MR) is 125 cm³/mol. The normalized spacial score (nSPS) is 13.2. The van der Waals surface area contributed by atoms with Crippen LogP contribution in [0.5, 0.6) is 0 Å². The Hall–Kier alpha value is -3.86. The summed E-state index contributed by atoms with van der Waals surface area (Å²) in [5, 5.41) is 5.66. The van der Waals surface area contributed by atoms with E-state index in [1.165, 1.54) is 24.5 Å². The van der Waals surface area contributed by atoms with Gasteiger partial charge in [0, 0.05) is 18.2 Å². The molecule has 3 aromatic rings. The molecule has 2 amide bonds. The van der Waals surface area contributed by atoms with Crippen molar-refractivity contribution in [2.24, 2.45) is 0 Å². The summed E-state index contributed by atoms with van der Waals surface area (Å²) in [5.74, 6) is 0.340. The fourth-order valence-electron chi connectivity index (χ4n) is 3.30. The maximum atomic E-state index is 12.4. The highest BCUT2D eigenvalue weighted by Gasteiger charge is 2.22. The zero-order valence-electron chi connectivity index (χ0n) is 17.2. The fourth-order valence-corrected chi connectivity index (χ4v) is 3.30. The molecule has 0 atom stereocenters. The lowest BCUT2D eigenvalue weighted by atomic mass is 10.1. The second-order valence-corrected chi connectivity index (χ2v) is 7.73. The van der Waals surface area contributed by atoms with Crippen LogP contribution in [-0.2, 0) is 11.3 Å². The summed E-state index contributed by atoms with van der Waals surface area (Å²) in [6, 6.07) is 22.6. The first-order valence-electron chi connectivity index (χ1n) is 10.4. The monoisotopic (exact) mass is 411 g/mol. The number of amides is 2. The zero-order chi connectivity index (χ0) is 21.6. The number of hydrogen-bond acceptors (Lipinski definition) is 3. The van der Waals surface area contributed by atoms with E-state index in [1.54, 1.807) is 24.3 Å². The number of nitrogens with one attached hydrogen (secondary N) is 2. The van der Waals surface area contributed by atoms with Gasteiger partial charge in [0.25, 0.3) is 5.91 Å². The molecule has 0 radical (unpaired) electrons. The van der Waals surface area contributed by atoms with Gasteiger partial charge in [0.1, 0.15) is 0 Å². The number of carbonyl (C=O) groups excluding carboxylic acids is 2. The predicted octanol–water partition coefficient (Wildman–Crippen LogP) is 4.73. The quantitative estimate of drug-likeness (QED) is 0.388. The van der Waals surface area contributed by atoms with Gasteiger partial charge in [0.05, 0.1) is 11.4 Å². The fraction of sp³-hybridized carbons (Fsp3) is 0.154. The summed E-state index contributed by atoms with van der Waals surface area (Å²) < 4.78 is 0. The summed E-state index contributed by atoms with van der Waals surface area (Å²) in [6.07, 6.45) is 5.92. The number of para-hydroxylation sites is 2. The molecule has 0 aliphatic heterocycles. The Morgan fingerprint density at radius 1 is 0.935 bits per heavy atom. The molecule has 5 heteroatoms. The molecule has 4 rings (SSSR count). The van der Waals surface area contributed by atoms with Gasteiger partial charge in [-0.15, -0.1) is 0 Å². The van der Waals surface area contributed by atoms with Crippen LogP contribution in [0, 0.1) is 0 Å². The van der Waals surface area contributed by atoms with Gasteiger partial charge < -0.3 is 16.4 Å². The molecule has 3 aromatic carbocycles. The SMILES string of the molecule is Nc1ccccc1NC(=O)c1ccc(CNC(=O)/C=C/c2ccc(C3CC3)cc2)cc1. The van der Waals surface area contributed by atoms with Gasteiger partial charge in [0.2, 0.25) is 5.91 Å². The van der Waals surface area contributed by atoms with Crippen LogP contribution >= 0.6 is 0 Å². The topological polar surface area (TPSA) is 84.2 Å². The van der Waals surface area contributed by atoms with Gasteiger partial charge in [-0.2, -0.15) is 0 Å². The minimum Gasteiger partial charge on any atom is -0.397 e. The van der Waals surface area contributed by atoms with E-state index >= 15 is 0 Å². The average Bonchev–Trinajstić information content (AvgIpc) is 3.64. The van der Waals surface area contributed by atoms with Gasteiger partial charge in [0.15, 0.2) is 0 Å². The summed E-state index contributed by atoms with van der Waals surface area (Å²) in [5.41, 5.74) is 10.8. The highest BCUT2D eigenvalue weighted by atomic mass is 16.2. The molecule has 0 spiro atoms. The van der Waals surface area contributed by atoms with Crippen LogP contribution in [0.25, 0.3) is 6.08 Å². The third kappa shape index (κ3) is 5.60. The highest BCUT2D eigenvalue weighted by molar-refractivity contribution is 6.05. The molecule has 1 aliphatic carbocycles. The maximum Gasteiger partial charge on any atom is 0.255 e. The lowest BCUT2D eigenvalue weighted by Gasteiger charge is -2.08. The van der Waals surface area contributed by atoms with E-state index < -0.39 is 0 Å². The molecular weight excluding hydrogens is 386 g/mol. The average molecular weight is 412 g/mol. The van der Waals surface area contributed by atoms with Crippen LogP contribution < -0.4 is 16.4 Å². The van der Waals surface area contributed by atoms with Crippen LogP contribution in [0.3, 0.4) is 0 Å². The zero-order valence-corrected chi connectivity index (χ0v) is 17.2. The summed E-state index contributed by atoms with van der Waals surface area (Å²) >= 11 is 0.